The fourth-order valence-corrected chi connectivity index (χ4v) is 4.64. The predicted octanol–water partition coefficient (Wildman–Crippen LogP) is -4.28. The molecule has 32 heteroatoms. The van der Waals surface area contributed by atoms with Crippen molar-refractivity contribution in [3.63, 3.8) is 0 Å². The van der Waals surface area contributed by atoms with Crippen LogP contribution in [0, 0.1) is 11.8 Å². The van der Waals surface area contributed by atoms with Gasteiger partial charge in [0, 0.05) is 17.9 Å². The number of nitrogens with one attached hydrogen (secondary N) is 1. The highest BCUT2D eigenvalue weighted by Gasteiger charge is 2.26. The van der Waals surface area contributed by atoms with Crippen molar-refractivity contribution in [1.29, 1.82) is 0 Å². The number of carboxylic acid groups (broad SMARTS) is 6. The van der Waals surface area contributed by atoms with Crippen LogP contribution in [0.4, 0.5) is 0 Å². The molecule has 1 aromatic rings. The third kappa shape index (κ3) is 46.2. The molecule has 0 spiro atoms. The van der Waals surface area contributed by atoms with E-state index in [1.165, 1.54) is 12.1 Å². The first-order valence-corrected chi connectivity index (χ1v) is 23.8. The molecule has 0 unspecified atom stereocenters. The van der Waals surface area contributed by atoms with E-state index in [2.05, 4.69) is 46.8 Å². The van der Waals surface area contributed by atoms with E-state index in [1.807, 2.05) is 27.7 Å². The van der Waals surface area contributed by atoms with Crippen molar-refractivity contribution in [2.45, 2.75) is 127 Å². The Morgan fingerprint density at radius 2 is 1.12 bits per heavy atom. The summed E-state index contributed by atoms with van der Waals surface area (Å²) in [4.78, 5) is 115. The summed E-state index contributed by atoms with van der Waals surface area (Å²) < 4.78 is 9.56. The summed E-state index contributed by atoms with van der Waals surface area (Å²) in [5.41, 5.74) is 51.9. The van der Waals surface area contributed by atoms with E-state index in [0.717, 1.165) is 25.8 Å². The summed E-state index contributed by atoms with van der Waals surface area (Å²) in [6.07, 6.45) is 3.05. The second-order valence-corrected chi connectivity index (χ2v) is 16.9. The SMILES string of the molecule is CC(C)C[C@H](N)C(=O)O.CC[C@H](C)[C@H](N)C(=O)OC(=O)[C@@H](N)CS.NC(=O)CC[C@H](N)C(=O)Oc1ccc(C[C@H](N)C(=O)O)cc1.NC(=O)C[C@H](N)C(=O)O.NCC(=O)O.N[C@@H](CS)C(=O)O.O=C(O)[C@@H]1CCCN1. The lowest BCUT2D eigenvalue weighted by atomic mass is 10.0. The summed E-state index contributed by atoms with van der Waals surface area (Å²) in [7, 11) is 0. The third-order valence-corrected chi connectivity index (χ3v) is 9.76. The van der Waals surface area contributed by atoms with Crippen LogP contribution in [-0.2, 0) is 63.9 Å². The Hall–Kier alpha value is -6.07. The molecule has 75 heavy (non-hydrogen) atoms. The molecule has 0 bridgehead atoms. The smallest absolute Gasteiger partial charge is 0.331 e. The maximum Gasteiger partial charge on any atom is 0.331 e. The van der Waals surface area contributed by atoms with Crippen molar-refractivity contribution >= 4 is 90.8 Å². The molecule has 27 N–H and O–H groups in total. The molecule has 1 aliphatic rings. The van der Waals surface area contributed by atoms with Crippen LogP contribution in [0.3, 0.4) is 0 Å². The molecule has 1 heterocycles. The lowest BCUT2D eigenvalue weighted by molar-refractivity contribution is -0.162. The monoisotopic (exact) mass is 1120 g/mol. The molecule has 1 fully saturated rings. The first kappa shape index (κ1) is 77.8. The number of nitrogens with two attached hydrogens (primary N) is 10. The quantitative estimate of drug-likeness (QED) is 0.0213. The van der Waals surface area contributed by atoms with Gasteiger partial charge in [0.05, 0.1) is 13.0 Å². The molecule has 0 saturated carbocycles. The zero-order valence-electron chi connectivity index (χ0n) is 42.2. The number of primary amides is 2. The van der Waals surface area contributed by atoms with Crippen LogP contribution in [0.2, 0.25) is 0 Å². The van der Waals surface area contributed by atoms with Crippen LogP contribution in [0.25, 0.3) is 0 Å². The van der Waals surface area contributed by atoms with Gasteiger partial charge in [0.2, 0.25) is 11.8 Å². The second kappa shape index (κ2) is 45.3. The number of carbonyl (C=O) groups excluding carboxylic acids is 5. The molecule has 432 valence electrons. The lowest BCUT2D eigenvalue weighted by Gasteiger charge is -2.16. The first-order chi connectivity index (χ1) is 34.6. The average molecular weight is 1120 g/mol. The number of carboxylic acids is 6. The van der Waals surface area contributed by atoms with Gasteiger partial charge in [-0.3, -0.25) is 38.4 Å². The summed E-state index contributed by atoms with van der Waals surface area (Å²) >= 11 is 7.47. The van der Waals surface area contributed by atoms with Gasteiger partial charge in [-0.05, 0) is 68.2 Å². The fourth-order valence-electron chi connectivity index (χ4n) is 4.33. The molecular weight excluding hydrogens is 1040 g/mol. The zero-order chi connectivity index (χ0) is 59.7. The van der Waals surface area contributed by atoms with Gasteiger partial charge in [-0.2, -0.15) is 25.3 Å². The fraction of sp³-hybridized carbons (Fsp3) is 0.605. The van der Waals surface area contributed by atoms with Gasteiger partial charge in [-0.1, -0.05) is 46.2 Å². The molecule has 9 atom stereocenters. The van der Waals surface area contributed by atoms with Gasteiger partial charge in [0.25, 0.3) is 0 Å². The molecule has 1 aliphatic heterocycles. The topological polar surface area (TPSA) is 600 Å². The van der Waals surface area contributed by atoms with Crippen molar-refractivity contribution in [2.24, 2.45) is 69.2 Å². The number of esters is 3. The van der Waals surface area contributed by atoms with Crippen LogP contribution in [0.15, 0.2) is 24.3 Å². The number of carbonyl (C=O) groups is 11. The van der Waals surface area contributed by atoms with E-state index in [9.17, 15) is 52.7 Å². The van der Waals surface area contributed by atoms with Crippen molar-refractivity contribution in [1.82, 2.24) is 5.32 Å². The molecule has 2 amide bonds. The Morgan fingerprint density at radius 1 is 0.653 bits per heavy atom. The number of thiol groups is 2. The van der Waals surface area contributed by atoms with Crippen molar-refractivity contribution in [3.8, 4) is 5.75 Å². The number of hydrogen-bond acceptors (Lipinski definition) is 24. The molecular formula is C43H79N11O19S2. The minimum atomic E-state index is -1.21. The number of rotatable bonds is 23. The standard InChI is InChI=1S/C14H19N3O5.C9H18N2O3S.C6H13NO2.C5H9NO2.C4H8N2O3.C3H7NO2S.C2H5NO2/c15-10(5-6-12(17)18)14(21)22-9-3-1-8(2-4-9)7-11(16)13(19)20;1-3-5(2)7(11)9(13)14-8(12)6(10)4-15;1-4(2)3-5(7)6(8)9;7-5(8)4-2-1-3-6-4;5-2(4(8)9)1-3(6)7;4-2(1-7)3(5)6;3-1-2(4)5/h1-4,10-11H,5-7,15-16H2,(H2,17,18)(H,19,20);5-7,15H,3-4,10-11H2,1-2H3;4-5H,3,7H2,1-2H3,(H,8,9);4,6H,1-3H2,(H,7,8);2H,1,5H2,(H2,6,7)(H,8,9);2,7H,1,4H2,(H,5,6);1,3H2,(H,4,5)/t10-,11-;5-,6-,7-;5-;4-;2*2-;/m000000./s1. The van der Waals surface area contributed by atoms with Gasteiger partial charge in [-0.15, -0.1) is 0 Å². The first-order valence-electron chi connectivity index (χ1n) is 22.5. The number of ether oxygens (including phenoxy) is 2. The molecule has 2 rings (SSSR count). The number of benzene rings is 1. The number of hydrogen-bond donors (Lipinski definition) is 19. The van der Waals surface area contributed by atoms with Crippen molar-refractivity contribution in [3.05, 3.63) is 29.8 Å². The van der Waals surface area contributed by atoms with E-state index >= 15 is 0 Å². The van der Waals surface area contributed by atoms with E-state index in [4.69, 9.17) is 81.2 Å². The number of aliphatic carboxylic acids is 6. The van der Waals surface area contributed by atoms with E-state index < -0.39 is 108 Å². The van der Waals surface area contributed by atoms with Gasteiger partial charge < -0.3 is 103 Å². The highest BCUT2D eigenvalue weighted by atomic mass is 32.1. The van der Waals surface area contributed by atoms with Crippen LogP contribution in [0.5, 0.6) is 5.75 Å². The molecule has 30 nitrogen and oxygen atoms in total. The van der Waals surface area contributed by atoms with Gasteiger partial charge >= 0.3 is 53.7 Å². The molecule has 0 radical (unpaired) electrons. The minimum absolute atomic E-state index is 0.00226. The Labute approximate surface area is 444 Å². The molecule has 1 aromatic carbocycles. The number of amides is 2. The summed E-state index contributed by atoms with van der Waals surface area (Å²) in [5, 5.41) is 51.9. The highest BCUT2D eigenvalue weighted by Crippen LogP contribution is 2.15. The van der Waals surface area contributed by atoms with E-state index in [-0.39, 0.29) is 61.4 Å². The van der Waals surface area contributed by atoms with E-state index in [1.54, 1.807) is 12.1 Å². The normalized spacial score (nSPS) is 15.1. The summed E-state index contributed by atoms with van der Waals surface area (Å²) in [6, 6.07) is -0.284. The van der Waals surface area contributed by atoms with Gasteiger partial charge in [0.1, 0.15) is 54.1 Å². The average Bonchev–Trinajstić information content (AvgIpc) is 3.89. The summed E-state index contributed by atoms with van der Waals surface area (Å²) in [6.45, 7) is 8.19. The van der Waals surface area contributed by atoms with Crippen LogP contribution in [0.1, 0.15) is 78.2 Å². The molecule has 0 aliphatic carbocycles. The maximum atomic E-state index is 11.7. The molecule has 1 saturated heterocycles. The third-order valence-electron chi connectivity index (χ3n) is 8.98. The van der Waals surface area contributed by atoms with Crippen LogP contribution >= 0.6 is 25.3 Å². The van der Waals surface area contributed by atoms with Gasteiger partial charge in [0.15, 0.2) is 0 Å². The Balaban J connectivity index is -0.000000270. The Bertz CT molecular complexity index is 1900. The maximum absolute atomic E-state index is 11.7. The Kier molecular flexibility index (Phi) is 47.0. The highest BCUT2D eigenvalue weighted by molar-refractivity contribution is 7.80. The molecule has 0 aromatic heterocycles. The summed E-state index contributed by atoms with van der Waals surface area (Å²) in [5.74, 6) is -8.42. The van der Waals surface area contributed by atoms with Crippen LogP contribution in [-0.4, -0.2) is 169 Å². The minimum Gasteiger partial charge on any atom is -0.480 e. The van der Waals surface area contributed by atoms with Crippen molar-refractivity contribution < 1.29 is 92.9 Å². The van der Waals surface area contributed by atoms with Gasteiger partial charge in [-0.25, -0.2) is 14.4 Å². The predicted molar refractivity (Wildman–Crippen MR) is 277 cm³/mol. The van der Waals surface area contributed by atoms with Crippen LogP contribution < -0.4 is 67.4 Å². The van der Waals surface area contributed by atoms with Crippen molar-refractivity contribution in [2.75, 3.05) is 24.6 Å². The largest absolute Gasteiger partial charge is 0.480 e. The zero-order valence-corrected chi connectivity index (χ0v) is 44.0. The second-order valence-electron chi connectivity index (χ2n) is 16.2. The lowest BCUT2D eigenvalue weighted by Crippen LogP contribution is -2.43. The van der Waals surface area contributed by atoms with E-state index in [0.29, 0.717) is 17.9 Å². The Morgan fingerprint density at radius 3 is 1.40 bits per heavy atom.